The second-order valence-electron chi connectivity index (χ2n) is 3.61. The molecule has 0 aliphatic rings. The van der Waals surface area contributed by atoms with E-state index in [2.05, 4.69) is 15.5 Å². The van der Waals surface area contributed by atoms with Gasteiger partial charge in [-0.2, -0.15) is 5.26 Å². The van der Waals surface area contributed by atoms with Crippen molar-refractivity contribution in [2.24, 2.45) is 0 Å². The lowest BCUT2D eigenvalue weighted by atomic mass is 10.1. The Kier molecular flexibility index (Phi) is 3.78. The van der Waals surface area contributed by atoms with E-state index in [-0.39, 0.29) is 0 Å². The third-order valence-corrected chi connectivity index (χ3v) is 2.53. The standard InChI is InChI=1S/C13H12N4O2/c1-18-11-5-3-9(7-12(11)19-2)10-4-6-13(15-8-14)17-16-10/h3-7H,1-2H3,(H,15,17). The minimum atomic E-state index is 0.409. The van der Waals surface area contributed by atoms with E-state index in [4.69, 9.17) is 14.7 Å². The Labute approximate surface area is 110 Å². The number of nitriles is 1. The summed E-state index contributed by atoms with van der Waals surface area (Å²) in [5.41, 5.74) is 1.54. The maximum atomic E-state index is 8.47. The molecule has 0 radical (unpaired) electrons. The highest BCUT2D eigenvalue weighted by atomic mass is 16.5. The maximum absolute atomic E-state index is 8.47. The molecule has 19 heavy (non-hydrogen) atoms. The van der Waals surface area contributed by atoms with Crippen molar-refractivity contribution < 1.29 is 9.47 Å². The average Bonchev–Trinajstić information content (AvgIpc) is 2.47. The molecule has 1 aromatic carbocycles. The van der Waals surface area contributed by atoms with Crippen LogP contribution in [0.4, 0.5) is 5.82 Å². The number of nitrogens with zero attached hydrogens (tertiary/aromatic N) is 3. The van der Waals surface area contributed by atoms with Gasteiger partial charge < -0.3 is 9.47 Å². The SMILES string of the molecule is COc1ccc(-c2ccc(NC#N)nn2)cc1OC. The normalized spacial score (nSPS) is 9.53. The van der Waals surface area contributed by atoms with Crippen LogP contribution in [0.15, 0.2) is 30.3 Å². The van der Waals surface area contributed by atoms with Crippen molar-refractivity contribution in [3.63, 3.8) is 0 Å². The largest absolute Gasteiger partial charge is 0.493 e. The quantitative estimate of drug-likeness (QED) is 0.666. The summed E-state index contributed by atoms with van der Waals surface area (Å²) in [5.74, 6) is 1.69. The fourth-order valence-corrected chi connectivity index (χ4v) is 1.61. The fourth-order valence-electron chi connectivity index (χ4n) is 1.61. The predicted molar refractivity (Wildman–Crippen MR) is 69.8 cm³/mol. The molecule has 0 fully saturated rings. The lowest BCUT2D eigenvalue weighted by Crippen LogP contribution is -1.95. The molecule has 0 saturated carbocycles. The van der Waals surface area contributed by atoms with Gasteiger partial charge in [-0.3, -0.25) is 5.32 Å². The fraction of sp³-hybridized carbons (Fsp3) is 0.154. The van der Waals surface area contributed by atoms with E-state index in [1.54, 1.807) is 38.6 Å². The van der Waals surface area contributed by atoms with Crippen LogP contribution in [0.3, 0.4) is 0 Å². The first kappa shape index (κ1) is 12.6. The van der Waals surface area contributed by atoms with Crippen LogP contribution in [0, 0.1) is 11.5 Å². The molecule has 0 saturated heterocycles. The molecule has 6 nitrogen and oxygen atoms in total. The summed E-state index contributed by atoms with van der Waals surface area (Å²) < 4.78 is 10.4. The third kappa shape index (κ3) is 2.72. The molecule has 1 N–H and O–H groups in total. The van der Waals surface area contributed by atoms with E-state index >= 15 is 0 Å². The summed E-state index contributed by atoms with van der Waals surface area (Å²) >= 11 is 0. The third-order valence-electron chi connectivity index (χ3n) is 2.53. The number of hydrogen-bond acceptors (Lipinski definition) is 6. The van der Waals surface area contributed by atoms with Gasteiger partial charge in [-0.15, -0.1) is 10.2 Å². The zero-order valence-corrected chi connectivity index (χ0v) is 10.5. The van der Waals surface area contributed by atoms with E-state index in [1.165, 1.54) is 0 Å². The van der Waals surface area contributed by atoms with Gasteiger partial charge in [0.1, 0.15) is 0 Å². The van der Waals surface area contributed by atoms with Gasteiger partial charge >= 0.3 is 0 Å². The summed E-state index contributed by atoms with van der Waals surface area (Å²) in [6, 6.07) is 8.94. The summed E-state index contributed by atoms with van der Waals surface area (Å²) in [4.78, 5) is 0. The van der Waals surface area contributed by atoms with Crippen LogP contribution in [-0.4, -0.2) is 24.4 Å². The van der Waals surface area contributed by atoms with Crippen molar-refractivity contribution in [2.45, 2.75) is 0 Å². The smallest absolute Gasteiger partial charge is 0.182 e. The summed E-state index contributed by atoms with van der Waals surface area (Å²) in [5, 5.41) is 18.8. The van der Waals surface area contributed by atoms with Crippen LogP contribution in [0.5, 0.6) is 11.5 Å². The van der Waals surface area contributed by atoms with Crippen LogP contribution < -0.4 is 14.8 Å². The Morgan fingerprint density at radius 3 is 2.42 bits per heavy atom. The molecule has 6 heteroatoms. The molecule has 0 aliphatic carbocycles. The molecule has 0 unspecified atom stereocenters. The van der Waals surface area contributed by atoms with E-state index in [1.807, 2.05) is 12.1 Å². The van der Waals surface area contributed by atoms with Crippen molar-refractivity contribution in [1.29, 1.82) is 5.26 Å². The minimum absolute atomic E-state index is 0.409. The average molecular weight is 256 g/mol. The summed E-state index contributed by atoms with van der Waals surface area (Å²) in [6.45, 7) is 0. The number of ether oxygens (including phenoxy) is 2. The first-order valence-corrected chi connectivity index (χ1v) is 5.49. The molecule has 96 valence electrons. The molecule has 0 atom stereocenters. The Morgan fingerprint density at radius 1 is 1.05 bits per heavy atom. The van der Waals surface area contributed by atoms with Gasteiger partial charge in [0.2, 0.25) is 0 Å². The predicted octanol–water partition coefficient (Wildman–Crippen LogP) is 2.05. The maximum Gasteiger partial charge on any atom is 0.182 e. The number of anilines is 1. The monoisotopic (exact) mass is 256 g/mol. The first-order chi connectivity index (χ1) is 9.28. The second kappa shape index (κ2) is 5.69. The van der Waals surface area contributed by atoms with Crippen LogP contribution in [0.2, 0.25) is 0 Å². The minimum Gasteiger partial charge on any atom is -0.493 e. The van der Waals surface area contributed by atoms with Crippen molar-refractivity contribution >= 4 is 5.82 Å². The number of nitrogens with one attached hydrogen (secondary N) is 1. The van der Waals surface area contributed by atoms with Crippen molar-refractivity contribution in [3.8, 4) is 28.9 Å². The summed E-state index contributed by atoms with van der Waals surface area (Å²) in [7, 11) is 3.16. The van der Waals surface area contributed by atoms with Crippen LogP contribution in [0.25, 0.3) is 11.3 Å². The van der Waals surface area contributed by atoms with Gasteiger partial charge in [0, 0.05) is 5.56 Å². The number of methoxy groups -OCH3 is 2. The van der Waals surface area contributed by atoms with E-state index in [0.29, 0.717) is 23.0 Å². The Morgan fingerprint density at radius 2 is 1.84 bits per heavy atom. The zero-order chi connectivity index (χ0) is 13.7. The van der Waals surface area contributed by atoms with Gasteiger partial charge in [0.25, 0.3) is 0 Å². The number of aromatic nitrogens is 2. The van der Waals surface area contributed by atoms with Gasteiger partial charge in [-0.1, -0.05) is 0 Å². The van der Waals surface area contributed by atoms with E-state index < -0.39 is 0 Å². The Bertz CT molecular complexity index is 605. The van der Waals surface area contributed by atoms with Gasteiger partial charge in [0.05, 0.1) is 19.9 Å². The highest BCUT2D eigenvalue weighted by Crippen LogP contribution is 2.31. The van der Waals surface area contributed by atoms with E-state index in [9.17, 15) is 0 Å². The lowest BCUT2D eigenvalue weighted by molar-refractivity contribution is 0.355. The number of hydrogen-bond donors (Lipinski definition) is 1. The highest BCUT2D eigenvalue weighted by Gasteiger charge is 2.07. The highest BCUT2D eigenvalue weighted by molar-refractivity contribution is 5.64. The number of rotatable bonds is 4. The topological polar surface area (TPSA) is 80.1 Å². The molecular formula is C13H12N4O2. The molecule has 0 aliphatic heterocycles. The Balaban J connectivity index is 2.34. The van der Waals surface area contributed by atoms with Crippen LogP contribution >= 0.6 is 0 Å². The van der Waals surface area contributed by atoms with Crippen LogP contribution in [0.1, 0.15) is 0 Å². The molecule has 1 heterocycles. The van der Waals surface area contributed by atoms with Crippen LogP contribution in [-0.2, 0) is 0 Å². The molecule has 2 aromatic rings. The first-order valence-electron chi connectivity index (χ1n) is 5.49. The van der Waals surface area contributed by atoms with E-state index in [0.717, 1.165) is 5.56 Å². The lowest BCUT2D eigenvalue weighted by Gasteiger charge is -2.09. The summed E-state index contributed by atoms with van der Waals surface area (Å²) in [6.07, 6.45) is 1.79. The van der Waals surface area contributed by atoms with Gasteiger partial charge in [0.15, 0.2) is 23.5 Å². The zero-order valence-electron chi connectivity index (χ0n) is 10.5. The Hall–Kier alpha value is -2.81. The van der Waals surface area contributed by atoms with Crippen molar-refractivity contribution in [3.05, 3.63) is 30.3 Å². The van der Waals surface area contributed by atoms with Gasteiger partial charge in [-0.25, -0.2) is 0 Å². The molecule has 0 spiro atoms. The van der Waals surface area contributed by atoms with Crippen molar-refractivity contribution in [2.75, 3.05) is 19.5 Å². The molecule has 0 amide bonds. The number of benzene rings is 1. The molecular weight excluding hydrogens is 244 g/mol. The second-order valence-corrected chi connectivity index (χ2v) is 3.61. The molecule has 1 aromatic heterocycles. The van der Waals surface area contributed by atoms with Crippen molar-refractivity contribution in [1.82, 2.24) is 10.2 Å². The molecule has 2 rings (SSSR count). The van der Waals surface area contributed by atoms with Gasteiger partial charge in [-0.05, 0) is 30.3 Å². The molecule has 0 bridgehead atoms.